The zero-order valence-electron chi connectivity index (χ0n) is 11.4. The molecule has 1 atom stereocenters. The van der Waals surface area contributed by atoms with Gasteiger partial charge in [0.2, 0.25) is 0 Å². The van der Waals surface area contributed by atoms with Crippen LogP contribution in [0.15, 0.2) is 42.5 Å². The van der Waals surface area contributed by atoms with Gasteiger partial charge in [-0.3, -0.25) is 0 Å². The van der Waals surface area contributed by atoms with Gasteiger partial charge in [0.05, 0.1) is 6.61 Å². The minimum Gasteiger partial charge on any atom is -0.503 e. The Kier molecular flexibility index (Phi) is 5.25. The number of hydrogen-bond acceptors (Lipinski definition) is 3. The van der Waals surface area contributed by atoms with Crippen molar-refractivity contribution in [1.82, 2.24) is 5.32 Å². The van der Waals surface area contributed by atoms with Crippen molar-refractivity contribution in [2.45, 2.75) is 19.0 Å². The summed E-state index contributed by atoms with van der Waals surface area (Å²) in [7, 11) is 0. The smallest absolute Gasteiger partial charge is 0.187 e. The predicted octanol–water partition coefficient (Wildman–Crippen LogP) is 2.36. The zero-order chi connectivity index (χ0) is 15.2. The monoisotopic (exact) mass is 293 g/mol. The van der Waals surface area contributed by atoms with Crippen molar-refractivity contribution in [2.24, 2.45) is 0 Å². The average molecular weight is 293 g/mol. The maximum Gasteiger partial charge on any atom is 0.187 e. The molecule has 0 radical (unpaired) electrons. The molecule has 0 aliphatic heterocycles. The Morgan fingerprint density at radius 1 is 1.00 bits per heavy atom. The number of benzene rings is 2. The summed E-state index contributed by atoms with van der Waals surface area (Å²) in [6.45, 7) is 0.115. The first-order valence-corrected chi connectivity index (χ1v) is 6.65. The van der Waals surface area contributed by atoms with Crippen LogP contribution in [0.3, 0.4) is 0 Å². The van der Waals surface area contributed by atoms with Crippen LogP contribution in [0.5, 0.6) is 5.75 Å². The molecule has 5 heteroatoms. The highest BCUT2D eigenvalue weighted by molar-refractivity contribution is 5.30. The number of phenols is 1. The largest absolute Gasteiger partial charge is 0.503 e. The van der Waals surface area contributed by atoms with E-state index in [2.05, 4.69) is 5.32 Å². The Bertz CT molecular complexity index is 567. The summed E-state index contributed by atoms with van der Waals surface area (Å²) < 4.78 is 26.5. The van der Waals surface area contributed by atoms with Gasteiger partial charge in [0, 0.05) is 12.6 Å². The third-order valence-corrected chi connectivity index (χ3v) is 3.22. The van der Waals surface area contributed by atoms with Crippen molar-refractivity contribution >= 4 is 0 Å². The molecule has 0 heterocycles. The summed E-state index contributed by atoms with van der Waals surface area (Å²) >= 11 is 0. The summed E-state index contributed by atoms with van der Waals surface area (Å²) in [5, 5.41) is 21.4. The summed E-state index contributed by atoms with van der Waals surface area (Å²) in [4.78, 5) is 0. The normalized spacial score (nSPS) is 12.3. The van der Waals surface area contributed by atoms with E-state index in [0.29, 0.717) is 12.0 Å². The van der Waals surface area contributed by atoms with Gasteiger partial charge in [-0.25, -0.2) is 8.78 Å². The first kappa shape index (κ1) is 15.4. The van der Waals surface area contributed by atoms with Crippen LogP contribution < -0.4 is 5.32 Å². The molecule has 3 nitrogen and oxygen atoms in total. The van der Waals surface area contributed by atoms with Crippen LogP contribution >= 0.6 is 0 Å². The maximum absolute atomic E-state index is 13.2. The molecule has 0 spiro atoms. The highest BCUT2D eigenvalue weighted by Gasteiger charge is 2.12. The molecule has 0 bridgehead atoms. The molecule has 2 aromatic rings. The van der Waals surface area contributed by atoms with Gasteiger partial charge >= 0.3 is 0 Å². The second-order valence-electron chi connectivity index (χ2n) is 4.86. The minimum absolute atomic E-state index is 0.0854. The summed E-state index contributed by atoms with van der Waals surface area (Å²) in [5.41, 5.74) is 1.43. The third-order valence-electron chi connectivity index (χ3n) is 3.22. The number of aromatic hydroxyl groups is 1. The molecule has 112 valence electrons. The van der Waals surface area contributed by atoms with E-state index in [9.17, 15) is 13.9 Å². The van der Waals surface area contributed by atoms with Crippen LogP contribution in [0.25, 0.3) is 0 Å². The van der Waals surface area contributed by atoms with Gasteiger partial charge in [-0.05, 0) is 29.7 Å². The van der Waals surface area contributed by atoms with E-state index in [0.717, 1.165) is 17.7 Å². The lowest BCUT2D eigenvalue weighted by molar-refractivity contribution is 0.240. The Morgan fingerprint density at radius 3 is 2.19 bits per heavy atom. The molecule has 0 aromatic heterocycles. The lowest BCUT2D eigenvalue weighted by Crippen LogP contribution is -2.34. The number of halogens is 2. The van der Waals surface area contributed by atoms with Crippen LogP contribution in [0.1, 0.15) is 11.1 Å². The van der Waals surface area contributed by atoms with Gasteiger partial charge in [-0.2, -0.15) is 0 Å². The van der Waals surface area contributed by atoms with Gasteiger partial charge in [0.25, 0.3) is 0 Å². The fraction of sp³-hybridized carbons (Fsp3) is 0.250. The second kappa shape index (κ2) is 7.15. The molecule has 0 saturated carbocycles. The number of hydrogen-bond donors (Lipinski definition) is 3. The summed E-state index contributed by atoms with van der Waals surface area (Å²) in [5.74, 6) is -2.95. The lowest BCUT2D eigenvalue weighted by Gasteiger charge is -2.16. The van der Waals surface area contributed by atoms with Crippen LogP contribution in [0.2, 0.25) is 0 Å². The van der Waals surface area contributed by atoms with Crippen molar-refractivity contribution in [2.75, 3.05) is 6.61 Å². The van der Waals surface area contributed by atoms with E-state index in [1.165, 1.54) is 0 Å². The Balaban J connectivity index is 1.97. The van der Waals surface area contributed by atoms with Gasteiger partial charge in [0.1, 0.15) is 0 Å². The zero-order valence-corrected chi connectivity index (χ0v) is 11.4. The van der Waals surface area contributed by atoms with E-state index in [4.69, 9.17) is 5.11 Å². The average Bonchev–Trinajstić information content (AvgIpc) is 2.49. The number of rotatable bonds is 6. The molecule has 2 aromatic carbocycles. The van der Waals surface area contributed by atoms with Crippen LogP contribution in [0.4, 0.5) is 8.78 Å². The number of nitrogens with one attached hydrogen (secondary N) is 1. The SMILES string of the molecule is OC[C@H](Cc1ccccc1)NCc1cc(F)c(O)c(F)c1. The summed E-state index contributed by atoms with van der Waals surface area (Å²) in [6.07, 6.45) is 0.611. The van der Waals surface area contributed by atoms with E-state index in [1.807, 2.05) is 30.3 Å². The fourth-order valence-electron chi connectivity index (χ4n) is 2.08. The Labute approximate surface area is 121 Å². The number of aliphatic hydroxyl groups excluding tert-OH is 1. The molecule has 0 fully saturated rings. The third kappa shape index (κ3) is 4.24. The fourth-order valence-corrected chi connectivity index (χ4v) is 2.08. The van der Waals surface area contributed by atoms with E-state index in [-0.39, 0.29) is 19.2 Å². The molecule has 0 aliphatic rings. The number of aliphatic hydroxyl groups is 1. The highest BCUT2D eigenvalue weighted by atomic mass is 19.1. The van der Waals surface area contributed by atoms with Crippen LogP contribution in [-0.4, -0.2) is 22.9 Å². The Morgan fingerprint density at radius 2 is 1.62 bits per heavy atom. The van der Waals surface area contributed by atoms with Gasteiger partial charge < -0.3 is 15.5 Å². The molecule has 3 N–H and O–H groups in total. The van der Waals surface area contributed by atoms with Crippen LogP contribution in [0, 0.1) is 11.6 Å². The topological polar surface area (TPSA) is 52.5 Å². The molecule has 21 heavy (non-hydrogen) atoms. The van der Waals surface area contributed by atoms with E-state index >= 15 is 0 Å². The summed E-state index contributed by atoms with van der Waals surface area (Å²) in [6, 6.07) is 11.6. The van der Waals surface area contributed by atoms with Crippen molar-refractivity contribution in [3.05, 3.63) is 65.2 Å². The molecule has 0 saturated heterocycles. The standard InChI is InChI=1S/C16H17F2NO2/c17-14-7-12(8-15(18)16(14)21)9-19-13(10-20)6-11-4-2-1-3-5-11/h1-5,7-8,13,19-21H,6,9-10H2/t13-/m0/s1. The molecule has 0 unspecified atom stereocenters. The molecule has 0 aliphatic carbocycles. The van der Waals surface area contributed by atoms with Gasteiger partial charge in [-0.1, -0.05) is 30.3 Å². The first-order valence-electron chi connectivity index (χ1n) is 6.65. The molecule has 0 amide bonds. The van der Waals surface area contributed by atoms with E-state index in [1.54, 1.807) is 0 Å². The van der Waals surface area contributed by atoms with Crippen molar-refractivity contribution < 1.29 is 19.0 Å². The second-order valence-corrected chi connectivity index (χ2v) is 4.86. The molecular weight excluding hydrogens is 276 g/mol. The quantitative estimate of drug-likeness (QED) is 0.766. The van der Waals surface area contributed by atoms with E-state index < -0.39 is 17.4 Å². The highest BCUT2D eigenvalue weighted by Crippen LogP contribution is 2.21. The first-order chi connectivity index (χ1) is 10.1. The van der Waals surface area contributed by atoms with Gasteiger partial charge in [-0.15, -0.1) is 0 Å². The molecule has 2 rings (SSSR count). The predicted molar refractivity (Wildman–Crippen MR) is 75.9 cm³/mol. The van der Waals surface area contributed by atoms with Crippen molar-refractivity contribution in [3.8, 4) is 5.75 Å². The van der Waals surface area contributed by atoms with Crippen LogP contribution in [-0.2, 0) is 13.0 Å². The van der Waals surface area contributed by atoms with Gasteiger partial charge in [0.15, 0.2) is 17.4 Å². The minimum atomic E-state index is -0.990. The lowest BCUT2D eigenvalue weighted by atomic mass is 10.1. The maximum atomic E-state index is 13.2. The molecular formula is C16H17F2NO2. The number of phenolic OH excluding ortho intramolecular Hbond substituents is 1. The Hall–Kier alpha value is -1.98. The van der Waals surface area contributed by atoms with Crippen molar-refractivity contribution in [3.63, 3.8) is 0 Å². The van der Waals surface area contributed by atoms with Crippen molar-refractivity contribution in [1.29, 1.82) is 0 Å².